The van der Waals surface area contributed by atoms with Gasteiger partial charge in [0, 0.05) is 29.0 Å². The van der Waals surface area contributed by atoms with E-state index in [4.69, 9.17) is 0 Å². The Labute approximate surface area is 196 Å². The second kappa shape index (κ2) is 9.66. The molecule has 0 spiro atoms. The number of rotatable bonds is 5. The molecular weight excluding hydrogens is 440 g/mol. The van der Waals surface area contributed by atoms with Crippen LogP contribution in [0.2, 0.25) is 0 Å². The minimum Gasteiger partial charge on any atom is -0.313 e. The Balaban J connectivity index is 1.63. The van der Waals surface area contributed by atoms with Crippen LogP contribution in [0, 0.1) is 0 Å². The van der Waals surface area contributed by atoms with Crippen molar-refractivity contribution in [2.75, 3.05) is 10.2 Å². The van der Waals surface area contributed by atoms with E-state index < -0.39 is 5.91 Å². The number of anilines is 2. The molecule has 8 nitrogen and oxygen atoms in total. The van der Waals surface area contributed by atoms with Gasteiger partial charge in [0.15, 0.2) is 0 Å². The van der Waals surface area contributed by atoms with Gasteiger partial charge in [0.1, 0.15) is 5.00 Å². The number of hydrogen-bond acceptors (Lipinski definition) is 6. The summed E-state index contributed by atoms with van der Waals surface area (Å²) in [5, 5.41) is 7.43. The summed E-state index contributed by atoms with van der Waals surface area (Å²) in [7, 11) is 0. The van der Waals surface area contributed by atoms with Crippen LogP contribution in [-0.2, 0) is 22.4 Å². The minimum atomic E-state index is -0.406. The molecule has 0 saturated carbocycles. The SMILES string of the molecule is CC(C)=NNC(=O)c1c(NC(=O)c2cccc(N3C(=O)CCC3=O)c2)sc2c1CCCCC2. The minimum absolute atomic E-state index is 0.175. The first-order valence-corrected chi connectivity index (χ1v) is 11.9. The highest BCUT2D eigenvalue weighted by molar-refractivity contribution is 7.17. The average Bonchev–Trinajstić information content (AvgIpc) is 3.20. The van der Waals surface area contributed by atoms with Gasteiger partial charge in [-0.15, -0.1) is 11.3 Å². The third-order valence-electron chi connectivity index (χ3n) is 5.67. The fourth-order valence-corrected chi connectivity index (χ4v) is 5.40. The first kappa shape index (κ1) is 22.8. The molecule has 2 N–H and O–H groups in total. The van der Waals surface area contributed by atoms with Gasteiger partial charge in [-0.05, 0) is 63.3 Å². The summed E-state index contributed by atoms with van der Waals surface area (Å²) in [5.74, 6) is -1.29. The Hall–Kier alpha value is -3.33. The molecule has 0 atom stereocenters. The van der Waals surface area contributed by atoms with Gasteiger partial charge in [0.2, 0.25) is 11.8 Å². The van der Waals surface area contributed by atoms with Gasteiger partial charge in [-0.2, -0.15) is 5.10 Å². The molecule has 1 saturated heterocycles. The van der Waals surface area contributed by atoms with E-state index in [2.05, 4.69) is 15.8 Å². The van der Waals surface area contributed by atoms with Crippen molar-refractivity contribution in [3.8, 4) is 0 Å². The quantitative estimate of drug-likeness (QED) is 0.300. The highest BCUT2D eigenvalue weighted by Crippen LogP contribution is 2.38. The lowest BCUT2D eigenvalue weighted by molar-refractivity contribution is -0.121. The normalized spacial score (nSPS) is 15.6. The smallest absolute Gasteiger partial charge is 0.274 e. The second-order valence-electron chi connectivity index (χ2n) is 8.40. The summed E-state index contributed by atoms with van der Waals surface area (Å²) >= 11 is 1.43. The van der Waals surface area contributed by atoms with E-state index >= 15 is 0 Å². The Kier molecular flexibility index (Phi) is 6.69. The molecule has 0 radical (unpaired) electrons. The highest BCUT2D eigenvalue weighted by Gasteiger charge is 2.31. The summed E-state index contributed by atoms with van der Waals surface area (Å²) < 4.78 is 0. The predicted octanol–water partition coefficient (Wildman–Crippen LogP) is 4.05. The van der Waals surface area contributed by atoms with E-state index in [1.165, 1.54) is 17.4 Å². The van der Waals surface area contributed by atoms with Crippen molar-refractivity contribution in [2.24, 2.45) is 5.10 Å². The van der Waals surface area contributed by atoms with Gasteiger partial charge in [0.05, 0.1) is 11.3 Å². The predicted molar refractivity (Wildman–Crippen MR) is 128 cm³/mol. The van der Waals surface area contributed by atoms with Crippen LogP contribution < -0.4 is 15.6 Å². The average molecular weight is 467 g/mol. The van der Waals surface area contributed by atoms with Gasteiger partial charge < -0.3 is 5.32 Å². The number of fused-ring (bicyclic) bond motifs is 1. The molecular formula is C24H26N4O4S. The van der Waals surface area contributed by atoms with Crippen LogP contribution in [0.3, 0.4) is 0 Å². The van der Waals surface area contributed by atoms with Crippen molar-refractivity contribution in [2.45, 2.75) is 58.8 Å². The summed E-state index contributed by atoms with van der Waals surface area (Å²) in [6, 6.07) is 6.42. The fourth-order valence-electron chi connectivity index (χ4n) is 4.12. The molecule has 9 heteroatoms. The number of nitrogens with one attached hydrogen (secondary N) is 2. The molecule has 1 fully saturated rings. The lowest BCUT2D eigenvalue weighted by atomic mass is 10.0. The zero-order valence-corrected chi connectivity index (χ0v) is 19.5. The van der Waals surface area contributed by atoms with Crippen LogP contribution in [-0.4, -0.2) is 29.3 Å². The third-order valence-corrected chi connectivity index (χ3v) is 6.88. The molecule has 4 rings (SSSR count). The molecule has 1 aliphatic heterocycles. The van der Waals surface area contributed by atoms with Crippen LogP contribution in [0.5, 0.6) is 0 Å². The van der Waals surface area contributed by atoms with E-state index in [1.807, 2.05) is 0 Å². The summed E-state index contributed by atoms with van der Waals surface area (Å²) in [4.78, 5) is 52.5. The number of thiophene rings is 1. The van der Waals surface area contributed by atoms with Gasteiger partial charge in [-0.25, -0.2) is 5.43 Å². The van der Waals surface area contributed by atoms with E-state index in [0.29, 0.717) is 21.8 Å². The Bertz CT molecular complexity index is 1150. The number of nitrogens with zero attached hydrogens (tertiary/aromatic N) is 2. The van der Waals surface area contributed by atoms with Crippen molar-refractivity contribution in [3.63, 3.8) is 0 Å². The van der Waals surface area contributed by atoms with Crippen molar-refractivity contribution >= 4 is 51.4 Å². The van der Waals surface area contributed by atoms with Crippen molar-refractivity contribution < 1.29 is 19.2 Å². The number of hydrogen-bond donors (Lipinski definition) is 2. The standard InChI is InChI=1S/C24H26N4O4S/c1-14(2)26-27-23(32)21-17-9-4-3-5-10-18(17)33-24(21)25-22(31)15-7-6-8-16(13-15)28-19(29)11-12-20(28)30/h6-8,13H,3-5,9-12H2,1-2H3,(H,25,31)(H,27,32). The Morgan fingerprint density at radius 2 is 1.70 bits per heavy atom. The molecule has 2 aromatic rings. The van der Waals surface area contributed by atoms with E-state index in [-0.39, 0.29) is 30.6 Å². The molecule has 1 aliphatic carbocycles. The number of amides is 4. The third kappa shape index (κ3) is 4.88. The largest absolute Gasteiger partial charge is 0.313 e. The zero-order valence-electron chi connectivity index (χ0n) is 18.7. The van der Waals surface area contributed by atoms with Gasteiger partial charge in [-0.3, -0.25) is 24.1 Å². The maximum Gasteiger partial charge on any atom is 0.274 e. The van der Waals surface area contributed by atoms with Crippen molar-refractivity contribution in [1.82, 2.24) is 5.43 Å². The molecule has 1 aromatic heterocycles. The molecule has 33 heavy (non-hydrogen) atoms. The number of carbonyl (C=O) groups is 4. The monoisotopic (exact) mass is 466 g/mol. The number of imide groups is 1. The van der Waals surface area contributed by atoms with Crippen LogP contribution in [0.4, 0.5) is 10.7 Å². The number of benzene rings is 1. The molecule has 2 aliphatic rings. The van der Waals surface area contributed by atoms with E-state index in [0.717, 1.165) is 53.2 Å². The summed E-state index contributed by atoms with van der Waals surface area (Å²) in [5.41, 5.74) is 5.44. The van der Waals surface area contributed by atoms with E-state index in [9.17, 15) is 19.2 Å². The topological polar surface area (TPSA) is 108 Å². The number of carbonyl (C=O) groups excluding carboxylic acids is 4. The highest BCUT2D eigenvalue weighted by atomic mass is 32.1. The lowest BCUT2D eigenvalue weighted by Crippen LogP contribution is -2.28. The molecule has 2 heterocycles. The van der Waals surface area contributed by atoms with Gasteiger partial charge in [-0.1, -0.05) is 12.5 Å². The molecule has 4 amide bonds. The number of hydrazone groups is 1. The van der Waals surface area contributed by atoms with Crippen molar-refractivity contribution in [1.29, 1.82) is 0 Å². The summed E-state index contributed by atoms with van der Waals surface area (Å²) in [6.07, 6.45) is 5.16. The van der Waals surface area contributed by atoms with Crippen LogP contribution >= 0.6 is 11.3 Å². The van der Waals surface area contributed by atoms with Gasteiger partial charge in [0.25, 0.3) is 11.8 Å². The lowest BCUT2D eigenvalue weighted by Gasteiger charge is -2.15. The van der Waals surface area contributed by atoms with E-state index in [1.54, 1.807) is 32.0 Å². The summed E-state index contributed by atoms with van der Waals surface area (Å²) in [6.45, 7) is 3.58. The molecule has 0 bridgehead atoms. The molecule has 172 valence electrons. The van der Waals surface area contributed by atoms with Crippen molar-refractivity contribution in [3.05, 3.63) is 45.8 Å². The van der Waals surface area contributed by atoms with Gasteiger partial charge >= 0.3 is 0 Å². The zero-order chi connectivity index (χ0) is 23.5. The second-order valence-corrected chi connectivity index (χ2v) is 9.50. The number of aryl methyl sites for hydroxylation is 1. The van der Waals surface area contributed by atoms with Crippen LogP contribution in [0.25, 0.3) is 0 Å². The maximum absolute atomic E-state index is 13.1. The fraction of sp³-hybridized carbons (Fsp3) is 0.375. The molecule has 1 aromatic carbocycles. The molecule has 0 unspecified atom stereocenters. The first-order chi connectivity index (χ1) is 15.8. The Morgan fingerprint density at radius 1 is 0.970 bits per heavy atom. The maximum atomic E-state index is 13.1. The first-order valence-electron chi connectivity index (χ1n) is 11.1. The van der Waals surface area contributed by atoms with Crippen LogP contribution in [0.15, 0.2) is 29.4 Å². The Morgan fingerprint density at radius 3 is 2.42 bits per heavy atom. The van der Waals surface area contributed by atoms with Crippen LogP contribution in [0.1, 0.15) is 77.1 Å².